The van der Waals surface area contributed by atoms with Gasteiger partial charge in [-0.15, -0.1) is 0 Å². The molecule has 0 bridgehead atoms. The van der Waals surface area contributed by atoms with Crippen molar-refractivity contribution in [2.75, 3.05) is 26.1 Å². The van der Waals surface area contributed by atoms with Crippen LogP contribution in [0.2, 0.25) is 0 Å². The van der Waals surface area contributed by atoms with E-state index in [4.69, 9.17) is 9.47 Å². The third-order valence-electron chi connectivity index (χ3n) is 5.36. The van der Waals surface area contributed by atoms with Crippen LogP contribution in [0, 0.1) is 0 Å². The van der Waals surface area contributed by atoms with Gasteiger partial charge in [0.1, 0.15) is 11.5 Å². The Morgan fingerprint density at radius 2 is 2.00 bits per heavy atom. The highest BCUT2D eigenvalue weighted by atomic mass is 16.5. The van der Waals surface area contributed by atoms with Gasteiger partial charge in [0.05, 0.1) is 19.9 Å². The van der Waals surface area contributed by atoms with Gasteiger partial charge in [-0.1, -0.05) is 12.1 Å². The third-order valence-corrected chi connectivity index (χ3v) is 5.36. The summed E-state index contributed by atoms with van der Waals surface area (Å²) >= 11 is 0. The van der Waals surface area contributed by atoms with Crippen molar-refractivity contribution in [3.8, 4) is 11.5 Å². The van der Waals surface area contributed by atoms with Crippen LogP contribution in [0.25, 0.3) is 10.9 Å². The predicted molar refractivity (Wildman–Crippen MR) is 110 cm³/mol. The Labute approximate surface area is 164 Å². The molecule has 0 unspecified atom stereocenters. The van der Waals surface area contributed by atoms with Gasteiger partial charge in [-0.25, -0.2) is 4.79 Å². The number of hydrogen-bond donors (Lipinski definition) is 1. The van der Waals surface area contributed by atoms with E-state index in [1.54, 1.807) is 32.4 Å². The number of ether oxygens (including phenoxy) is 2. The summed E-state index contributed by atoms with van der Waals surface area (Å²) in [6, 6.07) is 11.6. The quantitative estimate of drug-likeness (QED) is 0.737. The lowest BCUT2D eigenvalue weighted by Crippen LogP contribution is -2.35. The van der Waals surface area contributed by atoms with E-state index in [9.17, 15) is 4.79 Å². The monoisotopic (exact) mass is 379 g/mol. The number of rotatable bonds is 4. The number of methoxy groups -OCH3 is 2. The number of urea groups is 1. The molecule has 2 heterocycles. The molecule has 3 aromatic rings. The van der Waals surface area contributed by atoms with Crippen molar-refractivity contribution in [3.63, 3.8) is 0 Å². The minimum absolute atomic E-state index is 0.131. The van der Waals surface area contributed by atoms with E-state index in [2.05, 4.69) is 41.2 Å². The first-order valence-corrected chi connectivity index (χ1v) is 9.52. The predicted octanol–water partition coefficient (Wildman–Crippen LogP) is 4.27. The number of aryl methyl sites for hydroxylation is 1. The van der Waals surface area contributed by atoms with Crippen LogP contribution in [-0.2, 0) is 19.5 Å². The van der Waals surface area contributed by atoms with Gasteiger partial charge < -0.3 is 24.3 Å². The number of carbonyl (C=O) groups excluding carboxylic acids is 1. The summed E-state index contributed by atoms with van der Waals surface area (Å²) in [6.45, 7) is 4.36. The van der Waals surface area contributed by atoms with E-state index in [-0.39, 0.29) is 6.03 Å². The fourth-order valence-electron chi connectivity index (χ4n) is 3.91. The molecule has 6 nitrogen and oxygen atoms in total. The Balaban J connectivity index is 1.59. The van der Waals surface area contributed by atoms with Gasteiger partial charge in [0.25, 0.3) is 0 Å². The van der Waals surface area contributed by atoms with Crippen molar-refractivity contribution in [1.82, 2.24) is 9.47 Å². The molecule has 4 rings (SSSR count). The van der Waals surface area contributed by atoms with Crippen molar-refractivity contribution < 1.29 is 14.3 Å². The summed E-state index contributed by atoms with van der Waals surface area (Å²) < 4.78 is 12.9. The molecule has 6 heteroatoms. The molecule has 1 N–H and O–H groups in total. The van der Waals surface area contributed by atoms with Gasteiger partial charge in [0.2, 0.25) is 0 Å². The number of nitrogens with zero attached hydrogens (tertiary/aromatic N) is 2. The molecule has 28 heavy (non-hydrogen) atoms. The first-order chi connectivity index (χ1) is 13.6. The number of aromatic nitrogens is 1. The lowest BCUT2D eigenvalue weighted by molar-refractivity contribution is 0.210. The second-order valence-corrected chi connectivity index (χ2v) is 6.92. The fourth-order valence-corrected chi connectivity index (χ4v) is 3.91. The first-order valence-electron chi connectivity index (χ1n) is 9.52. The molecule has 2 amide bonds. The summed E-state index contributed by atoms with van der Waals surface area (Å²) in [4.78, 5) is 14.8. The number of anilines is 1. The Hall–Kier alpha value is -3.15. The molecule has 146 valence electrons. The van der Waals surface area contributed by atoms with E-state index in [0.717, 1.165) is 13.0 Å². The summed E-state index contributed by atoms with van der Waals surface area (Å²) in [5.41, 5.74) is 4.37. The Morgan fingerprint density at radius 1 is 1.14 bits per heavy atom. The minimum atomic E-state index is -0.131. The van der Waals surface area contributed by atoms with Gasteiger partial charge in [-0.05, 0) is 42.7 Å². The molecule has 0 aliphatic carbocycles. The Kier molecular flexibility index (Phi) is 4.86. The second-order valence-electron chi connectivity index (χ2n) is 6.92. The maximum atomic E-state index is 13.0. The highest BCUT2D eigenvalue weighted by Gasteiger charge is 2.23. The minimum Gasteiger partial charge on any atom is -0.497 e. The topological polar surface area (TPSA) is 55.7 Å². The number of amides is 2. The molecule has 0 spiro atoms. The zero-order valence-corrected chi connectivity index (χ0v) is 16.5. The van der Waals surface area contributed by atoms with Crippen molar-refractivity contribution in [3.05, 3.63) is 53.7 Å². The molecule has 1 aliphatic heterocycles. The van der Waals surface area contributed by atoms with Gasteiger partial charge in [0.15, 0.2) is 0 Å². The van der Waals surface area contributed by atoms with E-state index < -0.39 is 0 Å². The number of benzene rings is 2. The highest BCUT2D eigenvalue weighted by molar-refractivity contribution is 5.93. The van der Waals surface area contributed by atoms with Gasteiger partial charge in [-0.3, -0.25) is 0 Å². The SMILES string of the molecule is CCn1cc2c3c(cccc31)CN(C(=O)Nc1ccc(OC)cc1OC)CC2. The molecule has 0 saturated carbocycles. The summed E-state index contributed by atoms with van der Waals surface area (Å²) in [6.07, 6.45) is 3.07. The zero-order valence-electron chi connectivity index (χ0n) is 16.5. The molecule has 0 fully saturated rings. The van der Waals surface area contributed by atoms with Crippen LogP contribution < -0.4 is 14.8 Å². The summed E-state index contributed by atoms with van der Waals surface area (Å²) in [5, 5.41) is 4.28. The number of nitrogens with one attached hydrogen (secondary N) is 1. The van der Waals surface area contributed by atoms with E-state index in [1.165, 1.54) is 22.0 Å². The largest absolute Gasteiger partial charge is 0.497 e. The molecular weight excluding hydrogens is 354 g/mol. The maximum Gasteiger partial charge on any atom is 0.322 e. The van der Waals surface area contributed by atoms with Crippen LogP contribution in [-0.4, -0.2) is 36.3 Å². The van der Waals surface area contributed by atoms with Crippen LogP contribution in [0.1, 0.15) is 18.1 Å². The molecular formula is C22H25N3O3. The van der Waals surface area contributed by atoms with Crippen molar-refractivity contribution in [1.29, 1.82) is 0 Å². The number of carbonyl (C=O) groups is 1. The average molecular weight is 379 g/mol. The summed E-state index contributed by atoms with van der Waals surface area (Å²) in [7, 11) is 3.18. The van der Waals surface area contributed by atoms with Crippen LogP contribution in [0.15, 0.2) is 42.6 Å². The Morgan fingerprint density at radius 3 is 2.75 bits per heavy atom. The Bertz CT molecular complexity index is 1030. The van der Waals surface area contributed by atoms with Crippen LogP contribution >= 0.6 is 0 Å². The fraction of sp³-hybridized carbons (Fsp3) is 0.318. The molecule has 1 aliphatic rings. The molecule has 0 radical (unpaired) electrons. The lowest BCUT2D eigenvalue weighted by Gasteiger charge is -2.22. The highest BCUT2D eigenvalue weighted by Crippen LogP contribution is 2.31. The standard InChI is InChI=1S/C22H25N3O3/c1-4-24-13-16-10-11-25(14-15-6-5-7-19(24)21(15)16)22(26)23-18-9-8-17(27-2)12-20(18)28-3/h5-9,12-13H,4,10-11,14H2,1-3H3,(H,23,26). The van der Waals surface area contributed by atoms with Crippen molar-refractivity contribution >= 4 is 22.6 Å². The van der Waals surface area contributed by atoms with Crippen LogP contribution in [0.5, 0.6) is 11.5 Å². The average Bonchev–Trinajstić information content (AvgIpc) is 2.98. The van der Waals surface area contributed by atoms with Gasteiger partial charge in [-0.2, -0.15) is 0 Å². The van der Waals surface area contributed by atoms with Gasteiger partial charge in [0, 0.05) is 42.8 Å². The molecule has 2 aromatic carbocycles. The molecule has 0 atom stereocenters. The zero-order chi connectivity index (χ0) is 19.7. The van der Waals surface area contributed by atoms with Gasteiger partial charge >= 0.3 is 6.03 Å². The first kappa shape index (κ1) is 18.2. The van der Waals surface area contributed by atoms with E-state index >= 15 is 0 Å². The van der Waals surface area contributed by atoms with Crippen LogP contribution in [0.3, 0.4) is 0 Å². The van der Waals surface area contributed by atoms with E-state index in [1.807, 2.05) is 4.90 Å². The third kappa shape index (κ3) is 3.15. The van der Waals surface area contributed by atoms with Crippen molar-refractivity contribution in [2.24, 2.45) is 0 Å². The smallest absolute Gasteiger partial charge is 0.322 e. The summed E-state index contributed by atoms with van der Waals surface area (Å²) in [5.74, 6) is 1.26. The number of hydrogen-bond acceptors (Lipinski definition) is 3. The lowest BCUT2D eigenvalue weighted by atomic mass is 10.1. The second kappa shape index (κ2) is 7.46. The molecule has 0 saturated heterocycles. The van der Waals surface area contributed by atoms with E-state index in [0.29, 0.717) is 30.3 Å². The molecule has 1 aromatic heterocycles. The van der Waals surface area contributed by atoms with Crippen LogP contribution in [0.4, 0.5) is 10.5 Å². The van der Waals surface area contributed by atoms with Crippen molar-refractivity contribution in [2.45, 2.75) is 26.4 Å². The normalized spacial score (nSPS) is 13.3. The maximum absolute atomic E-state index is 13.0.